The van der Waals surface area contributed by atoms with Crippen molar-refractivity contribution < 1.29 is 0 Å². The predicted molar refractivity (Wildman–Crippen MR) is 61.4 cm³/mol. The van der Waals surface area contributed by atoms with Gasteiger partial charge in [0.1, 0.15) is 0 Å². The van der Waals surface area contributed by atoms with E-state index in [0.717, 1.165) is 23.9 Å². The molecular weight excluding hydrogens is 170 g/mol. The third kappa shape index (κ3) is 2.50. The lowest BCUT2D eigenvalue weighted by Gasteiger charge is -2.35. The van der Waals surface area contributed by atoms with Crippen LogP contribution in [0.25, 0.3) is 0 Å². The van der Waals surface area contributed by atoms with Crippen molar-refractivity contribution in [2.24, 2.45) is 11.8 Å². The Balaban J connectivity index is 1.82. The van der Waals surface area contributed by atoms with Gasteiger partial charge in [0.15, 0.2) is 0 Å². The Hall–Kier alpha value is -0.0400. The van der Waals surface area contributed by atoms with Gasteiger partial charge in [0, 0.05) is 12.1 Å². The number of hydrogen-bond acceptors (Lipinski definition) is 1. The molecule has 2 saturated carbocycles. The first-order valence-electron chi connectivity index (χ1n) is 6.51. The molecule has 0 aromatic rings. The number of hydrogen-bond donors (Lipinski definition) is 1. The van der Waals surface area contributed by atoms with E-state index >= 15 is 0 Å². The Morgan fingerprint density at radius 2 is 1.64 bits per heavy atom. The number of rotatable bonds is 2. The van der Waals surface area contributed by atoms with Gasteiger partial charge in [0.05, 0.1) is 0 Å². The molecule has 0 spiro atoms. The van der Waals surface area contributed by atoms with Crippen LogP contribution < -0.4 is 5.32 Å². The van der Waals surface area contributed by atoms with Crippen molar-refractivity contribution >= 4 is 0 Å². The Morgan fingerprint density at radius 1 is 0.929 bits per heavy atom. The van der Waals surface area contributed by atoms with Crippen LogP contribution in [-0.4, -0.2) is 12.1 Å². The second-order valence-electron chi connectivity index (χ2n) is 5.65. The van der Waals surface area contributed by atoms with E-state index in [9.17, 15) is 0 Å². The highest BCUT2D eigenvalue weighted by molar-refractivity contribution is 4.85. The van der Waals surface area contributed by atoms with Crippen LogP contribution in [-0.2, 0) is 0 Å². The largest absolute Gasteiger partial charge is 0.311 e. The lowest BCUT2D eigenvalue weighted by Crippen LogP contribution is -2.44. The van der Waals surface area contributed by atoms with Gasteiger partial charge in [-0.05, 0) is 37.5 Å². The summed E-state index contributed by atoms with van der Waals surface area (Å²) in [5.41, 5.74) is 0. The van der Waals surface area contributed by atoms with Gasteiger partial charge in [0.2, 0.25) is 0 Å². The third-order valence-corrected chi connectivity index (χ3v) is 4.26. The summed E-state index contributed by atoms with van der Waals surface area (Å²) in [4.78, 5) is 0. The fourth-order valence-corrected chi connectivity index (χ4v) is 3.16. The van der Waals surface area contributed by atoms with Crippen LogP contribution in [0.1, 0.15) is 58.8 Å². The van der Waals surface area contributed by atoms with Crippen LogP contribution in [0.15, 0.2) is 0 Å². The molecule has 3 atom stereocenters. The molecule has 2 rings (SSSR count). The van der Waals surface area contributed by atoms with E-state index in [-0.39, 0.29) is 0 Å². The summed E-state index contributed by atoms with van der Waals surface area (Å²) >= 11 is 0. The summed E-state index contributed by atoms with van der Waals surface area (Å²) < 4.78 is 0. The van der Waals surface area contributed by atoms with Gasteiger partial charge >= 0.3 is 0 Å². The SMILES string of the molecule is CC1CCC(C)C(NC2CCCC2)C1. The molecule has 0 amide bonds. The van der Waals surface area contributed by atoms with E-state index < -0.39 is 0 Å². The molecule has 1 nitrogen and oxygen atoms in total. The molecule has 0 heterocycles. The molecule has 0 bridgehead atoms. The first-order chi connectivity index (χ1) is 6.75. The van der Waals surface area contributed by atoms with Crippen LogP contribution in [0.2, 0.25) is 0 Å². The summed E-state index contributed by atoms with van der Waals surface area (Å²) in [7, 11) is 0. The minimum Gasteiger partial charge on any atom is -0.311 e. The van der Waals surface area contributed by atoms with Crippen LogP contribution in [0, 0.1) is 11.8 Å². The van der Waals surface area contributed by atoms with E-state index in [1.54, 1.807) is 0 Å². The Labute approximate surface area is 88.7 Å². The Kier molecular flexibility index (Phi) is 3.48. The average molecular weight is 195 g/mol. The zero-order chi connectivity index (χ0) is 9.97. The fraction of sp³-hybridized carbons (Fsp3) is 1.00. The van der Waals surface area contributed by atoms with E-state index in [1.165, 1.54) is 44.9 Å². The van der Waals surface area contributed by atoms with Gasteiger partial charge < -0.3 is 5.32 Å². The van der Waals surface area contributed by atoms with E-state index in [1.807, 2.05) is 0 Å². The lowest BCUT2D eigenvalue weighted by molar-refractivity contribution is 0.213. The topological polar surface area (TPSA) is 12.0 Å². The summed E-state index contributed by atoms with van der Waals surface area (Å²) in [6.07, 6.45) is 10.1. The zero-order valence-corrected chi connectivity index (χ0v) is 9.76. The molecule has 2 aliphatic rings. The van der Waals surface area contributed by atoms with Gasteiger partial charge in [-0.1, -0.05) is 33.1 Å². The van der Waals surface area contributed by atoms with Gasteiger partial charge in [-0.15, -0.1) is 0 Å². The predicted octanol–water partition coefficient (Wildman–Crippen LogP) is 3.34. The van der Waals surface area contributed by atoms with Crippen LogP contribution in [0.5, 0.6) is 0 Å². The van der Waals surface area contributed by atoms with Crippen molar-refractivity contribution in [3.8, 4) is 0 Å². The second kappa shape index (κ2) is 4.65. The molecule has 0 saturated heterocycles. The molecule has 0 radical (unpaired) electrons. The van der Waals surface area contributed by atoms with Crippen molar-refractivity contribution in [3.05, 3.63) is 0 Å². The number of nitrogens with one attached hydrogen (secondary N) is 1. The van der Waals surface area contributed by atoms with Crippen LogP contribution in [0.3, 0.4) is 0 Å². The quantitative estimate of drug-likeness (QED) is 0.712. The van der Waals surface area contributed by atoms with E-state index in [2.05, 4.69) is 19.2 Å². The van der Waals surface area contributed by atoms with E-state index in [4.69, 9.17) is 0 Å². The smallest absolute Gasteiger partial charge is 0.00978 e. The molecular formula is C13H25N. The molecule has 3 unspecified atom stereocenters. The van der Waals surface area contributed by atoms with Gasteiger partial charge in [-0.2, -0.15) is 0 Å². The monoisotopic (exact) mass is 195 g/mol. The highest BCUT2D eigenvalue weighted by atomic mass is 15.0. The minimum atomic E-state index is 0.821. The molecule has 0 aliphatic heterocycles. The summed E-state index contributed by atoms with van der Waals surface area (Å²) in [6.45, 7) is 4.84. The second-order valence-corrected chi connectivity index (χ2v) is 5.65. The molecule has 0 aromatic heterocycles. The summed E-state index contributed by atoms with van der Waals surface area (Å²) in [5, 5.41) is 3.90. The normalized spacial score (nSPS) is 40.3. The molecule has 14 heavy (non-hydrogen) atoms. The maximum Gasteiger partial charge on any atom is 0.00978 e. The van der Waals surface area contributed by atoms with Crippen molar-refractivity contribution in [1.82, 2.24) is 5.32 Å². The standard InChI is InChI=1S/C13H25N/c1-10-7-8-11(2)13(9-10)14-12-5-3-4-6-12/h10-14H,3-9H2,1-2H3. The maximum atomic E-state index is 3.90. The van der Waals surface area contributed by atoms with Gasteiger partial charge in [-0.3, -0.25) is 0 Å². The molecule has 1 heteroatoms. The van der Waals surface area contributed by atoms with Gasteiger partial charge in [-0.25, -0.2) is 0 Å². The molecule has 82 valence electrons. The molecule has 1 N–H and O–H groups in total. The first-order valence-corrected chi connectivity index (χ1v) is 6.51. The van der Waals surface area contributed by atoms with Crippen LogP contribution >= 0.6 is 0 Å². The summed E-state index contributed by atoms with van der Waals surface area (Å²) in [6, 6.07) is 1.68. The minimum absolute atomic E-state index is 0.821. The van der Waals surface area contributed by atoms with Crippen molar-refractivity contribution in [1.29, 1.82) is 0 Å². The Morgan fingerprint density at radius 3 is 2.36 bits per heavy atom. The zero-order valence-electron chi connectivity index (χ0n) is 9.76. The first kappa shape index (κ1) is 10.5. The maximum absolute atomic E-state index is 3.90. The molecule has 2 fully saturated rings. The highest BCUT2D eigenvalue weighted by Crippen LogP contribution is 2.30. The third-order valence-electron chi connectivity index (χ3n) is 4.26. The van der Waals surface area contributed by atoms with Crippen molar-refractivity contribution in [2.45, 2.75) is 70.9 Å². The average Bonchev–Trinajstić information content (AvgIpc) is 2.64. The van der Waals surface area contributed by atoms with Crippen LogP contribution in [0.4, 0.5) is 0 Å². The van der Waals surface area contributed by atoms with E-state index in [0.29, 0.717) is 0 Å². The molecule has 2 aliphatic carbocycles. The van der Waals surface area contributed by atoms with Gasteiger partial charge in [0.25, 0.3) is 0 Å². The molecule has 0 aromatic carbocycles. The Bertz CT molecular complexity index is 172. The van der Waals surface area contributed by atoms with Crippen molar-refractivity contribution in [3.63, 3.8) is 0 Å². The summed E-state index contributed by atoms with van der Waals surface area (Å²) in [5.74, 6) is 1.86. The lowest BCUT2D eigenvalue weighted by atomic mass is 9.80. The highest BCUT2D eigenvalue weighted by Gasteiger charge is 2.27. The fourth-order valence-electron chi connectivity index (χ4n) is 3.16. The van der Waals surface area contributed by atoms with Crippen molar-refractivity contribution in [2.75, 3.05) is 0 Å².